The van der Waals surface area contributed by atoms with Gasteiger partial charge in [-0.2, -0.15) is 10.2 Å². The maximum atomic E-state index is 12.4. The van der Waals surface area contributed by atoms with Crippen molar-refractivity contribution in [2.24, 2.45) is 0 Å². The molecule has 2 aromatic heterocycles. The van der Waals surface area contributed by atoms with Crippen LogP contribution in [0.1, 0.15) is 16.1 Å². The minimum Gasteiger partial charge on any atom is -0.482 e. The van der Waals surface area contributed by atoms with Gasteiger partial charge in [-0.3, -0.25) is 9.89 Å². The predicted molar refractivity (Wildman–Crippen MR) is 93.4 cm³/mol. The Hall–Kier alpha value is -3.13. The molecule has 134 valence electrons. The second-order valence-electron chi connectivity index (χ2n) is 6.14. The zero-order valence-corrected chi connectivity index (χ0v) is 14.3. The number of hydrogen-bond acceptors (Lipinski definition) is 5. The standard InChI is InChI=1S/C18H19N5O3/c1-12-15(8-19-22-12)18(24)21-16-10-25-11-17(16)26-14-7-20-23(9-14)13-5-3-2-4-6-13/h2-9,16-17H,10-11H2,1H3,(H,19,22)(H,21,24)/t16-,17+/m0/s1. The number of carbonyl (C=O) groups is 1. The smallest absolute Gasteiger partial charge is 0.255 e. The molecule has 0 bridgehead atoms. The summed E-state index contributed by atoms with van der Waals surface area (Å²) >= 11 is 0. The maximum Gasteiger partial charge on any atom is 0.255 e. The molecule has 0 radical (unpaired) electrons. The van der Waals surface area contributed by atoms with Gasteiger partial charge >= 0.3 is 0 Å². The van der Waals surface area contributed by atoms with Crippen molar-refractivity contribution in [1.29, 1.82) is 0 Å². The van der Waals surface area contributed by atoms with Gasteiger partial charge in [-0.1, -0.05) is 18.2 Å². The first-order valence-corrected chi connectivity index (χ1v) is 8.36. The summed E-state index contributed by atoms with van der Waals surface area (Å²) < 4.78 is 13.2. The number of nitrogens with one attached hydrogen (secondary N) is 2. The molecule has 1 aliphatic rings. The second-order valence-corrected chi connectivity index (χ2v) is 6.14. The third kappa shape index (κ3) is 3.31. The Morgan fingerprint density at radius 2 is 2.15 bits per heavy atom. The summed E-state index contributed by atoms with van der Waals surface area (Å²) in [5.41, 5.74) is 2.20. The van der Waals surface area contributed by atoms with E-state index in [1.807, 2.05) is 36.5 Å². The number of hydrogen-bond donors (Lipinski definition) is 2. The fourth-order valence-corrected chi connectivity index (χ4v) is 2.88. The van der Waals surface area contributed by atoms with Gasteiger partial charge in [-0.25, -0.2) is 4.68 Å². The van der Waals surface area contributed by atoms with Crippen LogP contribution in [-0.4, -0.2) is 51.2 Å². The van der Waals surface area contributed by atoms with Crippen LogP contribution >= 0.6 is 0 Å². The van der Waals surface area contributed by atoms with E-state index in [4.69, 9.17) is 9.47 Å². The molecule has 1 aromatic carbocycles. The minimum absolute atomic E-state index is 0.194. The van der Waals surface area contributed by atoms with Gasteiger partial charge in [-0.05, 0) is 19.1 Å². The molecule has 1 aliphatic heterocycles. The SMILES string of the molecule is Cc1[nH]ncc1C(=O)N[C@H]1COC[C@H]1Oc1cnn(-c2ccccc2)c1. The highest BCUT2D eigenvalue weighted by molar-refractivity contribution is 5.95. The van der Waals surface area contributed by atoms with Crippen LogP contribution in [0.2, 0.25) is 0 Å². The van der Waals surface area contributed by atoms with Crippen LogP contribution in [0.5, 0.6) is 5.75 Å². The first-order chi connectivity index (χ1) is 12.7. The number of para-hydroxylation sites is 1. The molecule has 0 saturated carbocycles. The summed E-state index contributed by atoms with van der Waals surface area (Å²) in [6.45, 7) is 2.62. The zero-order valence-electron chi connectivity index (χ0n) is 14.3. The molecule has 8 nitrogen and oxygen atoms in total. The number of aromatic amines is 1. The number of amides is 1. The van der Waals surface area contributed by atoms with E-state index in [1.165, 1.54) is 6.20 Å². The van der Waals surface area contributed by atoms with Crippen LogP contribution in [0.3, 0.4) is 0 Å². The first kappa shape index (κ1) is 16.3. The number of carbonyl (C=O) groups excluding carboxylic acids is 1. The van der Waals surface area contributed by atoms with Gasteiger partial charge in [0.25, 0.3) is 5.91 Å². The van der Waals surface area contributed by atoms with Crippen molar-refractivity contribution in [3.63, 3.8) is 0 Å². The van der Waals surface area contributed by atoms with Crippen LogP contribution in [0.25, 0.3) is 5.69 Å². The average molecular weight is 353 g/mol. The van der Waals surface area contributed by atoms with E-state index >= 15 is 0 Å². The summed E-state index contributed by atoms with van der Waals surface area (Å²) in [6.07, 6.45) is 4.71. The first-order valence-electron chi connectivity index (χ1n) is 8.36. The topological polar surface area (TPSA) is 94.1 Å². The van der Waals surface area contributed by atoms with Crippen LogP contribution in [0, 0.1) is 6.92 Å². The van der Waals surface area contributed by atoms with Crippen molar-refractivity contribution in [3.05, 3.63) is 60.2 Å². The van der Waals surface area contributed by atoms with Crippen LogP contribution in [0.15, 0.2) is 48.9 Å². The zero-order chi connectivity index (χ0) is 17.9. The molecule has 26 heavy (non-hydrogen) atoms. The van der Waals surface area contributed by atoms with Crippen LogP contribution < -0.4 is 10.1 Å². The summed E-state index contributed by atoms with van der Waals surface area (Å²) in [5.74, 6) is 0.434. The molecule has 1 fully saturated rings. The van der Waals surface area contributed by atoms with Crippen molar-refractivity contribution < 1.29 is 14.3 Å². The van der Waals surface area contributed by atoms with Crippen molar-refractivity contribution in [1.82, 2.24) is 25.3 Å². The average Bonchev–Trinajstić information content (AvgIpc) is 3.38. The number of H-pyrrole nitrogens is 1. The minimum atomic E-state index is -0.278. The van der Waals surface area contributed by atoms with E-state index in [0.717, 1.165) is 11.4 Å². The number of rotatable bonds is 5. The molecule has 2 N–H and O–H groups in total. The Labute approximate surface area is 150 Å². The van der Waals surface area contributed by atoms with Gasteiger partial charge in [0.2, 0.25) is 0 Å². The van der Waals surface area contributed by atoms with E-state index in [2.05, 4.69) is 20.6 Å². The van der Waals surface area contributed by atoms with E-state index < -0.39 is 0 Å². The third-order valence-corrected chi connectivity index (χ3v) is 4.29. The Bertz CT molecular complexity index is 889. The lowest BCUT2D eigenvalue weighted by atomic mass is 10.2. The summed E-state index contributed by atoms with van der Waals surface area (Å²) in [4.78, 5) is 12.4. The highest BCUT2D eigenvalue weighted by Gasteiger charge is 2.32. The lowest BCUT2D eigenvalue weighted by Crippen LogP contribution is -2.45. The van der Waals surface area contributed by atoms with Gasteiger partial charge in [-0.15, -0.1) is 0 Å². The molecule has 8 heteroatoms. The van der Waals surface area contributed by atoms with E-state index in [1.54, 1.807) is 17.8 Å². The largest absolute Gasteiger partial charge is 0.482 e. The Morgan fingerprint density at radius 1 is 1.31 bits per heavy atom. The van der Waals surface area contributed by atoms with E-state index in [9.17, 15) is 4.79 Å². The third-order valence-electron chi connectivity index (χ3n) is 4.29. The molecule has 0 spiro atoms. The molecule has 0 aliphatic carbocycles. The molecule has 3 heterocycles. The highest BCUT2D eigenvalue weighted by atomic mass is 16.5. The molecular weight excluding hydrogens is 334 g/mol. The summed E-state index contributed by atoms with van der Waals surface area (Å²) in [6, 6.07) is 9.54. The summed E-state index contributed by atoms with van der Waals surface area (Å²) in [7, 11) is 0. The predicted octanol–water partition coefficient (Wildman–Crippen LogP) is 1.48. The Morgan fingerprint density at radius 3 is 2.92 bits per heavy atom. The number of aryl methyl sites for hydroxylation is 1. The van der Waals surface area contributed by atoms with E-state index in [0.29, 0.717) is 24.5 Å². The highest BCUT2D eigenvalue weighted by Crippen LogP contribution is 2.19. The Balaban J connectivity index is 1.42. The van der Waals surface area contributed by atoms with Crippen LogP contribution in [0.4, 0.5) is 0 Å². The molecule has 0 unspecified atom stereocenters. The maximum absolute atomic E-state index is 12.4. The molecule has 2 atom stereocenters. The number of nitrogens with zero attached hydrogens (tertiary/aromatic N) is 3. The van der Waals surface area contributed by atoms with Gasteiger partial charge in [0.15, 0.2) is 5.75 Å². The van der Waals surface area contributed by atoms with Crippen molar-refractivity contribution in [2.75, 3.05) is 13.2 Å². The number of ether oxygens (including phenoxy) is 2. The Kier molecular flexibility index (Phi) is 4.40. The number of benzene rings is 1. The molecular formula is C18H19N5O3. The summed E-state index contributed by atoms with van der Waals surface area (Å²) in [5, 5.41) is 13.9. The lowest BCUT2D eigenvalue weighted by molar-refractivity contribution is 0.0903. The van der Waals surface area contributed by atoms with Crippen molar-refractivity contribution >= 4 is 5.91 Å². The number of aromatic nitrogens is 4. The molecule has 1 saturated heterocycles. The fourth-order valence-electron chi connectivity index (χ4n) is 2.88. The quantitative estimate of drug-likeness (QED) is 0.725. The molecule has 3 aromatic rings. The fraction of sp³-hybridized carbons (Fsp3) is 0.278. The van der Waals surface area contributed by atoms with Crippen LogP contribution in [-0.2, 0) is 4.74 Å². The van der Waals surface area contributed by atoms with Gasteiger partial charge < -0.3 is 14.8 Å². The lowest BCUT2D eigenvalue weighted by Gasteiger charge is -2.19. The van der Waals surface area contributed by atoms with E-state index in [-0.39, 0.29) is 18.1 Å². The van der Waals surface area contributed by atoms with Crippen molar-refractivity contribution in [2.45, 2.75) is 19.1 Å². The van der Waals surface area contributed by atoms with Crippen molar-refractivity contribution in [3.8, 4) is 11.4 Å². The van der Waals surface area contributed by atoms with Gasteiger partial charge in [0.05, 0.1) is 49.1 Å². The normalized spacial score (nSPS) is 19.4. The second kappa shape index (κ2) is 7.01. The van der Waals surface area contributed by atoms with Gasteiger partial charge in [0, 0.05) is 5.69 Å². The van der Waals surface area contributed by atoms with Gasteiger partial charge in [0.1, 0.15) is 6.10 Å². The molecule has 1 amide bonds. The molecule has 4 rings (SSSR count). The monoisotopic (exact) mass is 353 g/mol.